The standard InChI is InChI=1S/C24H24ClN3O2/c1-2-14-30-22-13-12-17(15-20(22)25)16-26-28-23(18-8-4-3-5-9-18)27-21-11-7-6-10-19(21)24(28)29/h2,6-7,10-13,15-16,18H,1,3-5,8-9,14H2. The molecule has 0 unspecified atom stereocenters. The molecule has 1 aliphatic rings. The third kappa shape index (κ3) is 4.31. The Kier molecular flexibility index (Phi) is 6.29. The molecule has 1 saturated carbocycles. The summed E-state index contributed by atoms with van der Waals surface area (Å²) >= 11 is 6.31. The molecule has 1 heterocycles. The Hall–Kier alpha value is -2.92. The third-order valence-corrected chi connectivity index (χ3v) is 5.68. The molecule has 0 radical (unpaired) electrons. The second-order valence-electron chi connectivity index (χ2n) is 7.47. The quantitative estimate of drug-likeness (QED) is 0.387. The van der Waals surface area contributed by atoms with E-state index in [4.69, 9.17) is 21.3 Å². The molecule has 154 valence electrons. The molecule has 5 nitrogen and oxygen atoms in total. The normalized spacial score (nSPS) is 15.0. The number of halogens is 1. The van der Waals surface area contributed by atoms with Gasteiger partial charge in [-0.25, -0.2) is 4.98 Å². The molecule has 0 aliphatic heterocycles. The molecule has 0 amide bonds. The van der Waals surface area contributed by atoms with Gasteiger partial charge in [0.05, 0.1) is 22.1 Å². The maximum absolute atomic E-state index is 13.2. The highest BCUT2D eigenvalue weighted by molar-refractivity contribution is 6.32. The van der Waals surface area contributed by atoms with E-state index in [2.05, 4.69) is 11.7 Å². The van der Waals surface area contributed by atoms with Gasteiger partial charge < -0.3 is 4.74 Å². The SMILES string of the molecule is C=CCOc1ccc(C=Nn2c(C3CCCCC3)nc3ccccc3c2=O)cc1Cl. The minimum atomic E-state index is -0.144. The molecule has 1 fully saturated rings. The van der Waals surface area contributed by atoms with Gasteiger partial charge in [0.2, 0.25) is 0 Å². The van der Waals surface area contributed by atoms with Gasteiger partial charge in [-0.3, -0.25) is 4.79 Å². The fourth-order valence-corrected chi connectivity index (χ4v) is 4.11. The zero-order valence-electron chi connectivity index (χ0n) is 16.8. The van der Waals surface area contributed by atoms with Gasteiger partial charge >= 0.3 is 0 Å². The summed E-state index contributed by atoms with van der Waals surface area (Å²) in [6, 6.07) is 12.9. The van der Waals surface area contributed by atoms with E-state index in [-0.39, 0.29) is 11.5 Å². The average molecular weight is 422 g/mol. The molecule has 0 saturated heterocycles. The Bertz CT molecular complexity index is 1150. The van der Waals surface area contributed by atoms with Crippen molar-refractivity contribution in [2.24, 2.45) is 5.10 Å². The van der Waals surface area contributed by atoms with Gasteiger partial charge in [0.1, 0.15) is 18.2 Å². The first-order valence-electron chi connectivity index (χ1n) is 10.3. The number of rotatable bonds is 6. The average Bonchev–Trinajstić information content (AvgIpc) is 2.78. The zero-order valence-corrected chi connectivity index (χ0v) is 17.5. The van der Waals surface area contributed by atoms with Gasteiger partial charge in [0.15, 0.2) is 0 Å². The van der Waals surface area contributed by atoms with Crippen molar-refractivity contribution in [2.75, 3.05) is 6.61 Å². The van der Waals surface area contributed by atoms with Crippen LogP contribution in [0.1, 0.15) is 49.4 Å². The molecule has 0 bridgehead atoms. The molecule has 2 aromatic carbocycles. The van der Waals surface area contributed by atoms with Gasteiger partial charge in [0.25, 0.3) is 5.56 Å². The maximum atomic E-state index is 13.2. The predicted molar refractivity (Wildman–Crippen MR) is 122 cm³/mol. The molecular weight excluding hydrogens is 398 g/mol. The molecule has 0 atom stereocenters. The van der Waals surface area contributed by atoms with Crippen LogP contribution in [0.5, 0.6) is 5.75 Å². The molecule has 30 heavy (non-hydrogen) atoms. The van der Waals surface area contributed by atoms with E-state index in [9.17, 15) is 4.79 Å². The van der Waals surface area contributed by atoms with Crippen LogP contribution in [0.2, 0.25) is 5.02 Å². The van der Waals surface area contributed by atoms with Crippen molar-refractivity contribution in [3.05, 3.63) is 81.9 Å². The van der Waals surface area contributed by atoms with Gasteiger partial charge in [-0.05, 0) is 48.7 Å². The molecule has 0 N–H and O–H groups in total. The monoisotopic (exact) mass is 421 g/mol. The lowest BCUT2D eigenvalue weighted by Crippen LogP contribution is -2.25. The summed E-state index contributed by atoms with van der Waals surface area (Å²) < 4.78 is 6.98. The first-order chi connectivity index (χ1) is 14.7. The van der Waals surface area contributed by atoms with Crippen LogP contribution in [-0.2, 0) is 0 Å². The second-order valence-corrected chi connectivity index (χ2v) is 7.88. The van der Waals surface area contributed by atoms with E-state index in [1.165, 1.54) is 11.1 Å². The fourth-order valence-electron chi connectivity index (χ4n) is 3.87. The van der Waals surface area contributed by atoms with Crippen molar-refractivity contribution in [1.29, 1.82) is 0 Å². The fraction of sp³-hybridized carbons (Fsp3) is 0.292. The Labute approximate surface area is 180 Å². The van der Waals surface area contributed by atoms with Gasteiger partial charge in [-0.2, -0.15) is 9.78 Å². The number of hydrogen-bond acceptors (Lipinski definition) is 4. The van der Waals surface area contributed by atoms with Crippen LogP contribution in [0.4, 0.5) is 0 Å². The minimum Gasteiger partial charge on any atom is -0.488 e. The first-order valence-corrected chi connectivity index (χ1v) is 10.6. The van der Waals surface area contributed by atoms with E-state index < -0.39 is 0 Å². The third-order valence-electron chi connectivity index (χ3n) is 5.38. The van der Waals surface area contributed by atoms with Gasteiger partial charge in [-0.1, -0.05) is 55.7 Å². The lowest BCUT2D eigenvalue weighted by atomic mass is 9.88. The lowest BCUT2D eigenvalue weighted by molar-refractivity contribution is 0.363. The zero-order chi connectivity index (χ0) is 20.9. The summed E-state index contributed by atoms with van der Waals surface area (Å²) in [4.78, 5) is 18.0. The molecule has 0 spiro atoms. The highest BCUT2D eigenvalue weighted by atomic mass is 35.5. The second kappa shape index (κ2) is 9.26. The number of nitrogens with zero attached hydrogens (tertiary/aromatic N) is 3. The van der Waals surface area contributed by atoms with Crippen molar-refractivity contribution >= 4 is 28.7 Å². The van der Waals surface area contributed by atoms with Crippen LogP contribution in [0.15, 0.2) is 65.0 Å². The Morgan fingerprint density at radius 3 is 2.77 bits per heavy atom. The number of ether oxygens (including phenoxy) is 1. The Morgan fingerprint density at radius 2 is 2.00 bits per heavy atom. The topological polar surface area (TPSA) is 56.5 Å². The van der Waals surface area contributed by atoms with Crippen molar-refractivity contribution in [3.8, 4) is 5.75 Å². The maximum Gasteiger partial charge on any atom is 0.282 e. The Balaban J connectivity index is 1.73. The summed E-state index contributed by atoms with van der Waals surface area (Å²) in [5, 5.41) is 5.59. The summed E-state index contributed by atoms with van der Waals surface area (Å²) in [6.45, 7) is 4.02. The number of fused-ring (bicyclic) bond motifs is 1. The van der Waals surface area contributed by atoms with E-state index in [0.29, 0.717) is 22.8 Å². The van der Waals surface area contributed by atoms with E-state index in [1.54, 1.807) is 30.5 Å². The number of aromatic nitrogens is 2. The van der Waals surface area contributed by atoms with Gasteiger partial charge in [-0.15, -0.1) is 0 Å². The Morgan fingerprint density at radius 1 is 1.20 bits per heavy atom. The highest BCUT2D eigenvalue weighted by Crippen LogP contribution is 2.32. The predicted octanol–water partition coefficient (Wildman–Crippen LogP) is 5.54. The summed E-state index contributed by atoms with van der Waals surface area (Å²) in [6.07, 6.45) is 8.90. The smallest absolute Gasteiger partial charge is 0.282 e. The van der Waals surface area contributed by atoms with Crippen molar-refractivity contribution in [3.63, 3.8) is 0 Å². The van der Waals surface area contributed by atoms with E-state index >= 15 is 0 Å². The molecule has 3 aromatic rings. The van der Waals surface area contributed by atoms with Crippen molar-refractivity contribution in [2.45, 2.75) is 38.0 Å². The van der Waals surface area contributed by atoms with E-state index in [0.717, 1.165) is 42.6 Å². The molecule has 4 rings (SSSR count). The van der Waals surface area contributed by atoms with Crippen LogP contribution in [-0.4, -0.2) is 22.5 Å². The molecular formula is C24H24ClN3O2. The van der Waals surface area contributed by atoms with Crippen molar-refractivity contribution in [1.82, 2.24) is 9.66 Å². The first kappa shape index (κ1) is 20.4. The van der Waals surface area contributed by atoms with Gasteiger partial charge in [0, 0.05) is 5.92 Å². The summed E-state index contributed by atoms with van der Waals surface area (Å²) in [5.41, 5.74) is 1.36. The molecule has 1 aliphatic carbocycles. The summed E-state index contributed by atoms with van der Waals surface area (Å²) in [7, 11) is 0. The van der Waals surface area contributed by atoms with Crippen LogP contribution >= 0.6 is 11.6 Å². The van der Waals surface area contributed by atoms with Crippen LogP contribution in [0.25, 0.3) is 10.9 Å². The highest BCUT2D eigenvalue weighted by Gasteiger charge is 2.22. The number of benzene rings is 2. The van der Waals surface area contributed by atoms with Crippen LogP contribution < -0.4 is 10.3 Å². The molecule has 6 heteroatoms. The van der Waals surface area contributed by atoms with Crippen molar-refractivity contribution < 1.29 is 4.74 Å². The number of para-hydroxylation sites is 1. The lowest BCUT2D eigenvalue weighted by Gasteiger charge is -2.22. The van der Waals surface area contributed by atoms with Crippen LogP contribution in [0, 0.1) is 0 Å². The number of hydrogen-bond donors (Lipinski definition) is 0. The summed E-state index contributed by atoms with van der Waals surface area (Å²) in [5.74, 6) is 1.57. The van der Waals surface area contributed by atoms with Crippen LogP contribution in [0.3, 0.4) is 0 Å². The minimum absolute atomic E-state index is 0.144. The molecule has 1 aromatic heterocycles. The van der Waals surface area contributed by atoms with E-state index in [1.807, 2.05) is 24.3 Å². The largest absolute Gasteiger partial charge is 0.488 e.